The van der Waals surface area contributed by atoms with Gasteiger partial charge >= 0.3 is 5.97 Å². The van der Waals surface area contributed by atoms with Crippen molar-refractivity contribution >= 4 is 5.97 Å². The monoisotopic (exact) mass is 277 g/mol. The minimum atomic E-state index is -0.670. The second-order valence-electron chi connectivity index (χ2n) is 5.78. The molecule has 4 nitrogen and oxygen atoms in total. The maximum atomic E-state index is 11.2. The summed E-state index contributed by atoms with van der Waals surface area (Å²) in [5, 5.41) is 9.19. The first-order valence-corrected chi connectivity index (χ1v) is 7.11. The molecule has 0 aromatic heterocycles. The molecule has 1 saturated heterocycles. The van der Waals surface area contributed by atoms with E-state index in [4.69, 9.17) is 4.74 Å². The van der Waals surface area contributed by atoms with Crippen LogP contribution in [0.4, 0.5) is 0 Å². The Hall–Kier alpha value is -1.55. The Kier molecular flexibility index (Phi) is 4.65. The molecule has 1 aromatic rings. The number of benzene rings is 1. The normalized spacial score (nSPS) is 24.6. The number of methoxy groups -OCH3 is 1. The molecule has 1 N–H and O–H groups in total. The summed E-state index contributed by atoms with van der Waals surface area (Å²) in [6.07, 6.45) is 0.934. The first kappa shape index (κ1) is 14.9. The van der Waals surface area contributed by atoms with Gasteiger partial charge in [0.1, 0.15) is 5.75 Å². The lowest BCUT2D eigenvalue weighted by Gasteiger charge is -2.24. The molecule has 20 heavy (non-hydrogen) atoms. The molecule has 1 heterocycles. The number of carboxylic acid groups (broad SMARTS) is 1. The number of ether oxygens (including phenoxy) is 1. The highest BCUT2D eigenvalue weighted by atomic mass is 16.5. The molecule has 1 aromatic carbocycles. The highest BCUT2D eigenvalue weighted by molar-refractivity contribution is 5.71. The van der Waals surface area contributed by atoms with Crippen LogP contribution in [-0.4, -0.2) is 42.2 Å². The van der Waals surface area contributed by atoms with Crippen LogP contribution in [0.3, 0.4) is 0 Å². The van der Waals surface area contributed by atoms with Crippen LogP contribution in [-0.2, 0) is 11.2 Å². The number of aliphatic carboxylic acids is 1. The van der Waals surface area contributed by atoms with E-state index in [9.17, 15) is 9.90 Å². The third-order valence-electron chi connectivity index (χ3n) is 4.27. The average molecular weight is 277 g/mol. The number of rotatable bonds is 5. The fourth-order valence-corrected chi connectivity index (χ4v) is 2.92. The highest BCUT2D eigenvalue weighted by Gasteiger charge is 2.36. The molecular formula is C16H23NO3. The van der Waals surface area contributed by atoms with Crippen molar-refractivity contribution in [3.63, 3.8) is 0 Å². The van der Waals surface area contributed by atoms with Gasteiger partial charge in [-0.25, -0.2) is 0 Å². The zero-order chi connectivity index (χ0) is 14.7. The van der Waals surface area contributed by atoms with Crippen LogP contribution in [0.1, 0.15) is 19.4 Å². The number of nitrogens with zero attached hydrogens (tertiary/aromatic N) is 1. The molecule has 0 bridgehead atoms. The second kappa shape index (κ2) is 6.27. The van der Waals surface area contributed by atoms with E-state index >= 15 is 0 Å². The Labute approximate surface area is 120 Å². The summed E-state index contributed by atoms with van der Waals surface area (Å²) in [4.78, 5) is 13.5. The van der Waals surface area contributed by atoms with E-state index in [1.165, 1.54) is 5.56 Å². The van der Waals surface area contributed by atoms with Gasteiger partial charge in [0.2, 0.25) is 0 Å². The van der Waals surface area contributed by atoms with Crippen LogP contribution in [0.2, 0.25) is 0 Å². The molecule has 1 fully saturated rings. The first-order chi connectivity index (χ1) is 9.51. The molecule has 0 saturated carbocycles. The van der Waals surface area contributed by atoms with Crippen molar-refractivity contribution in [1.29, 1.82) is 0 Å². The summed E-state index contributed by atoms with van der Waals surface area (Å²) in [7, 11) is 1.66. The van der Waals surface area contributed by atoms with Crippen LogP contribution in [0.25, 0.3) is 0 Å². The quantitative estimate of drug-likeness (QED) is 0.897. The van der Waals surface area contributed by atoms with Gasteiger partial charge in [0, 0.05) is 19.1 Å². The van der Waals surface area contributed by atoms with Gasteiger partial charge in [0.25, 0.3) is 0 Å². The maximum absolute atomic E-state index is 11.2. The number of hydrogen-bond donors (Lipinski definition) is 1. The summed E-state index contributed by atoms with van der Waals surface area (Å²) in [6, 6.07) is 8.44. The van der Waals surface area contributed by atoms with Gasteiger partial charge in [0.15, 0.2) is 0 Å². The molecule has 3 unspecified atom stereocenters. The van der Waals surface area contributed by atoms with Crippen LogP contribution >= 0.6 is 0 Å². The molecule has 0 spiro atoms. The molecule has 0 aliphatic carbocycles. The SMILES string of the molecule is COc1ccc(CC(C)N2CC(C)C(C(=O)O)C2)cc1. The summed E-state index contributed by atoms with van der Waals surface area (Å²) >= 11 is 0. The van der Waals surface area contributed by atoms with E-state index < -0.39 is 5.97 Å². The van der Waals surface area contributed by atoms with Gasteiger partial charge in [-0.3, -0.25) is 9.69 Å². The standard InChI is InChI=1S/C16H23NO3/c1-11-9-17(10-15(11)16(18)19)12(2)8-13-4-6-14(20-3)7-5-13/h4-7,11-12,15H,8-10H2,1-3H3,(H,18,19). The predicted molar refractivity (Wildman–Crippen MR) is 78.0 cm³/mol. The molecule has 1 aliphatic rings. The number of hydrogen-bond acceptors (Lipinski definition) is 3. The Morgan fingerprint density at radius 2 is 2.05 bits per heavy atom. The van der Waals surface area contributed by atoms with Crippen molar-refractivity contribution in [2.45, 2.75) is 26.3 Å². The van der Waals surface area contributed by atoms with Gasteiger partial charge in [-0.2, -0.15) is 0 Å². The summed E-state index contributed by atoms with van der Waals surface area (Å²) in [5.74, 6) is 0.193. The fourth-order valence-electron chi connectivity index (χ4n) is 2.92. The fraction of sp³-hybridized carbons (Fsp3) is 0.562. The minimum Gasteiger partial charge on any atom is -0.497 e. The van der Waals surface area contributed by atoms with Crippen LogP contribution < -0.4 is 4.74 Å². The summed E-state index contributed by atoms with van der Waals surface area (Å²) in [5.41, 5.74) is 1.25. The molecule has 0 amide bonds. The average Bonchev–Trinajstić information content (AvgIpc) is 2.82. The van der Waals surface area contributed by atoms with Crippen molar-refractivity contribution in [2.24, 2.45) is 11.8 Å². The molecule has 3 atom stereocenters. The molecule has 1 aliphatic heterocycles. The molecular weight excluding hydrogens is 254 g/mol. The Morgan fingerprint density at radius 1 is 1.40 bits per heavy atom. The van der Waals surface area contributed by atoms with Crippen LogP contribution in [0.5, 0.6) is 5.75 Å². The van der Waals surface area contributed by atoms with Gasteiger partial charge in [-0.1, -0.05) is 19.1 Å². The topological polar surface area (TPSA) is 49.8 Å². The zero-order valence-electron chi connectivity index (χ0n) is 12.4. The number of likely N-dealkylation sites (tertiary alicyclic amines) is 1. The molecule has 0 radical (unpaired) electrons. The lowest BCUT2D eigenvalue weighted by molar-refractivity contribution is -0.142. The van der Waals surface area contributed by atoms with Crippen LogP contribution in [0.15, 0.2) is 24.3 Å². The number of carboxylic acids is 1. The van der Waals surface area contributed by atoms with Crippen molar-refractivity contribution < 1.29 is 14.6 Å². The molecule has 110 valence electrons. The van der Waals surface area contributed by atoms with Crippen molar-refractivity contribution in [1.82, 2.24) is 4.90 Å². The number of carbonyl (C=O) groups is 1. The lowest BCUT2D eigenvalue weighted by atomic mass is 9.99. The van der Waals surface area contributed by atoms with E-state index in [2.05, 4.69) is 24.0 Å². The van der Waals surface area contributed by atoms with Gasteiger partial charge in [-0.05, 0) is 37.0 Å². The molecule has 4 heteroatoms. The lowest BCUT2D eigenvalue weighted by Crippen LogP contribution is -2.33. The third kappa shape index (κ3) is 3.31. The zero-order valence-corrected chi connectivity index (χ0v) is 12.4. The second-order valence-corrected chi connectivity index (χ2v) is 5.78. The van der Waals surface area contributed by atoms with Crippen molar-refractivity contribution in [3.05, 3.63) is 29.8 Å². The Bertz CT molecular complexity index is 457. The van der Waals surface area contributed by atoms with E-state index in [0.717, 1.165) is 18.7 Å². The largest absolute Gasteiger partial charge is 0.497 e. The predicted octanol–water partition coefficient (Wildman–Crippen LogP) is 2.28. The van der Waals surface area contributed by atoms with Crippen molar-refractivity contribution in [3.8, 4) is 5.75 Å². The Morgan fingerprint density at radius 3 is 2.55 bits per heavy atom. The van der Waals surface area contributed by atoms with Gasteiger partial charge < -0.3 is 9.84 Å². The summed E-state index contributed by atoms with van der Waals surface area (Å²) in [6.45, 7) is 5.72. The van der Waals surface area contributed by atoms with Gasteiger partial charge in [-0.15, -0.1) is 0 Å². The first-order valence-electron chi connectivity index (χ1n) is 7.11. The highest BCUT2D eigenvalue weighted by Crippen LogP contribution is 2.26. The maximum Gasteiger partial charge on any atom is 0.308 e. The van der Waals surface area contributed by atoms with Crippen molar-refractivity contribution in [2.75, 3.05) is 20.2 Å². The summed E-state index contributed by atoms with van der Waals surface area (Å²) < 4.78 is 5.15. The van der Waals surface area contributed by atoms with E-state index in [-0.39, 0.29) is 11.8 Å². The van der Waals surface area contributed by atoms with E-state index in [0.29, 0.717) is 12.6 Å². The Balaban J connectivity index is 1.94. The smallest absolute Gasteiger partial charge is 0.308 e. The third-order valence-corrected chi connectivity index (χ3v) is 4.27. The van der Waals surface area contributed by atoms with Crippen LogP contribution in [0, 0.1) is 11.8 Å². The van der Waals surface area contributed by atoms with E-state index in [1.807, 2.05) is 19.1 Å². The molecule has 2 rings (SSSR count). The minimum absolute atomic E-state index is 0.228. The van der Waals surface area contributed by atoms with Gasteiger partial charge in [0.05, 0.1) is 13.0 Å². The van der Waals surface area contributed by atoms with E-state index in [1.54, 1.807) is 7.11 Å².